The lowest BCUT2D eigenvalue weighted by Gasteiger charge is -2.01. The van der Waals surface area contributed by atoms with Crippen LogP contribution in [0.2, 0.25) is 0 Å². The number of hydrogen-bond acceptors (Lipinski definition) is 5. The molecule has 3 N–H and O–H groups in total. The average molecular weight is 232 g/mol. The predicted octanol–water partition coefficient (Wildman–Crippen LogP) is 0.536. The molecule has 2 heterocycles. The molecule has 7 nitrogen and oxygen atoms in total. The predicted molar refractivity (Wildman–Crippen MR) is 61.7 cm³/mol. The van der Waals surface area contributed by atoms with Crippen LogP contribution in [0.15, 0.2) is 24.5 Å². The lowest BCUT2D eigenvalue weighted by atomic mass is 10.3. The number of nitrogens with two attached hydrogens (primary N) is 1. The first-order valence-electron chi connectivity index (χ1n) is 5.12. The van der Waals surface area contributed by atoms with Gasteiger partial charge in [-0.05, 0) is 19.1 Å². The molecule has 0 aliphatic heterocycles. The van der Waals surface area contributed by atoms with Gasteiger partial charge in [0, 0.05) is 12.7 Å². The van der Waals surface area contributed by atoms with Crippen molar-refractivity contribution >= 4 is 17.4 Å². The van der Waals surface area contributed by atoms with E-state index in [9.17, 15) is 4.79 Å². The molecule has 0 saturated heterocycles. The summed E-state index contributed by atoms with van der Waals surface area (Å²) in [4.78, 5) is 10.8. The standard InChI is InChI=1S/C10H12N6O/c1-2-16-6-7(5-12-16)13-9-4-3-8(10(11)17)14-15-9/h3-6H,2H2,1H3,(H2,11,17)(H,13,15). The van der Waals surface area contributed by atoms with Crippen molar-refractivity contribution < 1.29 is 4.79 Å². The highest BCUT2D eigenvalue weighted by Gasteiger charge is 2.04. The van der Waals surface area contributed by atoms with Gasteiger partial charge in [0.2, 0.25) is 0 Å². The maximum absolute atomic E-state index is 10.8. The number of nitrogens with zero attached hydrogens (tertiary/aromatic N) is 4. The van der Waals surface area contributed by atoms with E-state index in [1.54, 1.807) is 16.9 Å². The van der Waals surface area contributed by atoms with E-state index in [1.807, 2.05) is 13.1 Å². The molecule has 2 aromatic heterocycles. The number of nitrogens with one attached hydrogen (secondary N) is 1. The number of aryl methyl sites for hydroxylation is 1. The molecule has 0 radical (unpaired) electrons. The summed E-state index contributed by atoms with van der Waals surface area (Å²) < 4.78 is 1.79. The molecule has 0 saturated carbocycles. The lowest BCUT2D eigenvalue weighted by molar-refractivity contribution is 0.0994. The van der Waals surface area contributed by atoms with E-state index in [1.165, 1.54) is 6.07 Å². The van der Waals surface area contributed by atoms with E-state index >= 15 is 0 Å². The third kappa shape index (κ3) is 2.57. The molecule has 0 bridgehead atoms. The number of carbonyl (C=O) groups excluding carboxylic acids is 1. The first-order valence-corrected chi connectivity index (χ1v) is 5.12. The van der Waals surface area contributed by atoms with Gasteiger partial charge in [-0.25, -0.2) is 0 Å². The minimum absolute atomic E-state index is 0.139. The smallest absolute Gasteiger partial charge is 0.269 e. The van der Waals surface area contributed by atoms with E-state index in [4.69, 9.17) is 5.73 Å². The highest BCUT2D eigenvalue weighted by molar-refractivity contribution is 5.90. The Kier molecular flexibility index (Phi) is 2.99. The van der Waals surface area contributed by atoms with Crippen LogP contribution in [0.4, 0.5) is 11.5 Å². The highest BCUT2D eigenvalue weighted by Crippen LogP contribution is 2.12. The fourth-order valence-electron chi connectivity index (χ4n) is 1.28. The minimum atomic E-state index is -0.595. The molecule has 0 unspecified atom stereocenters. The fraction of sp³-hybridized carbons (Fsp3) is 0.200. The molecule has 88 valence electrons. The van der Waals surface area contributed by atoms with Crippen molar-refractivity contribution in [2.45, 2.75) is 13.5 Å². The summed E-state index contributed by atoms with van der Waals surface area (Å²) >= 11 is 0. The summed E-state index contributed by atoms with van der Waals surface area (Å²) in [5.74, 6) is -0.0616. The Balaban J connectivity index is 2.10. The number of amides is 1. The highest BCUT2D eigenvalue weighted by atomic mass is 16.1. The SMILES string of the molecule is CCn1cc(Nc2ccc(C(N)=O)nn2)cn1. The second-order valence-electron chi connectivity index (χ2n) is 3.38. The van der Waals surface area contributed by atoms with Crippen molar-refractivity contribution in [2.75, 3.05) is 5.32 Å². The normalized spacial score (nSPS) is 10.2. The zero-order valence-corrected chi connectivity index (χ0v) is 9.29. The summed E-state index contributed by atoms with van der Waals surface area (Å²) in [6.07, 6.45) is 3.54. The first kappa shape index (κ1) is 11.1. The van der Waals surface area contributed by atoms with Gasteiger partial charge in [0.15, 0.2) is 11.5 Å². The van der Waals surface area contributed by atoms with Crippen LogP contribution in [-0.4, -0.2) is 25.9 Å². The molecule has 0 aliphatic carbocycles. The van der Waals surface area contributed by atoms with Crippen LogP contribution >= 0.6 is 0 Å². The Labute approximate surface area is 97.6 Å². The monoisotopic (exact) mass is 232 g/mol. The molecule has 0 atom stereocenters. The van der Waals surface area contributed by atoms with Gasteiger partial charge in [-0.3, -0.25) is 9.48 Å². The Morgan fingerprint density at radius 1 is 1.47 bits per heavy atom. The summed E-state index contributed by atoms with van der Waals surface area (Å²) in [5, 5.41) is 14.6. The third-order valence-corrected chi connectivity index (χ3v) is 2.15. The number of hydrogen-bond donors (Lipinski definition) is 2. The van der Waals surface area contributed by atoms with Crippen molar-refractivity contribution in [2.24, 2.45) is 5.73 Å². The van der Waals surface area contributed by atoms with Gasteiger partial charge in [-0.15, -0.1) is 10.2 Å². The van der Waals surface area contributed by atoms with Gasteiger partial charge in [0.1, 0.15) is 0 Å². The lowest BCUT2D eigenvalue weighted by Crippen LogP contribution is -2.13. The van der Waals surface area contributed by atoms with Crippen LogP contribution < -0.4 is 11.1 Å². The van der Waals surface area contributed by atoms with Gasteiger partial charge < -0.3 is 11.1 Å². The van der Waals surface area contributed by atoms with Crippen LogP contribution in [0.1, 0.15) is 17.4 Å². The summed E-state index contributed by atoms with van der Waals surface area (Å²) in [7, 11) is 0. The van der Waals surface area contributed by atoms with Gasteiger partial charge in [0.25, 0.3) is 5.91 Å². The molecule has 2 rings (SSSR count). The van der Waals surface area contributed by atoms with Crippen LogP contribution in [0, 0.1) is 0 Å². The van der Waals surface area contributed by atoms with Gasteiger partial charge in [-0.1, -0.05) is 0 Å². The molecule has 0 fully saturated rings. The molecular formula is C10H12N6O. The number of aromatic nitrogens is 4. The quantitative estimate of drug-likeness (QED) is 0.801. The fourth-order valence-corrected chi connectivity index (χ4v) is 1.28. The summed E-state index contributed by atoms with van der Waals surface area (Å²) in [6.45, 7) is 2.80. The first-order chi connectivity index (χ1) is 8.19. The molecule has 0 aromatic carbocycles. The summed E-state index contributed by atoms with van der Waals surface area (Å²) in [6, 6.07) is 3.15. The van der Waals surface area contributed by atoms with E-state index in [0.717, 1.165) is 12.2 Å². The zero-order valence-electron chi connectivity index (χ0n) is 9.29. The Morgan fingerprint density at radius 3 is 2.82 bits per heavy atom. The molecule has 0 spiro atoms. The number of anilines is 2. The zero-order chi connectivity index (χ0) is 12.3. The molecule has 1 amide bonds. The van der Waals surface area contributed by atoms with Crippen molar-refractivity contribution in [3.8, 4) is 0 Å². The Morgan fingerprint density at radius 2 is 2.29 bits per heavy atom. The molecule has 7 heteroatoms. The number of primary amides is 1. The maximum atomic E-state index is 10.8. The van der Waals surface area contributed by atoms with Crippen molar-refractivity contribution in [1.82, 2.24) is 20.0 Å². The van der Waals surface area contributed by atoms with Gasteiger partial charge in [0.05, 0.1) is 11.9 Å². The second kappa shape index (κ2) is 4.60. The maximum Gasteiger partial charge on any atom is 0.269 e. The third-order valence-electron chi connectivity index (χ3n) is 2.15. The van der Waals surface area contributed by atoms with Crippen molar-refractivity contribution in [1.29, 1.82) is 0 Å². The number of rotatable bonds is 4. The molecular weight excluding hydrogens is 220 g/mol. The summed E-state index contributed by atoms with van der Waals surface area (Å²) in [5.41, 5.74) is 6.01. The van der Waals surface area contributed by atoms with Crippen LogP contribution in [-0.2, 0) is 6.54 Å². The van der Waals surface area contributed by atoms with E-state index < -0.39 is 5.91 Å². The Bertz CT molecular complexity index is 518. The second-order valence-corrected chi connectivity index (χ2v) is 3.38. The van der Waals surface area contributed by atoms with E-state index in [-0.39, 0.29) is 5.69 Å². The molecule has 17 heavy (non-hydrogen) atoms. The van der Waals surface area contributed by atoms with Crippen LogP contribution in [0.25, 0.3) is 0 Å². The van der Waals surface area contributed by atoms with Crippen molar-refractivity contribution in [3.05, 3.63) is 30.2 Å². The van der Waals surface area contributed by atoms with Gasteiger partial charge in [-0.2, -0.15) is 5.10 Å². The number of carbonyl (C=O) groups is 1. The largest absolute Gasteiger partial charge is 0.364 e. The van der Waals surface area contributed by atoms with E-state index in [0.29, 0.717) is 5.82 Å². The Hall–Kier alpha value is -2.44. The molecule has 2 aromatic rings. The van der Waals surface area contributed by atoms with Crippen molar-refractivity contribution in [3.63, 3.8) is 0 Å². The van der Waals surface area contributed by atoms with Crippen LogP contribution in [0.5, 0.6) is 0 Å². The van der Waals surface area contributed by atoms with E-state index in [2.05, 4.69) is 20.6 Å². The van der Waals surface area contributed by atoms with Gasteiger partial charge >= 0.3 is 0 Å². The average Bonchev–Trinajstić information content (AvgIpc) is 2.77. The minimum Gasteiger partial charge on any atom is -0.364 e. The topological polar surface area (TPSA) is 98.7 Å². The van der Waals surface area contributed by atoms with Crippen LogP contribution in [0.3, 0.4) is 0 Å². The molecule has 0 aliphatic rings.